The summed E-state index contributed by atoms with van der Waals surface area (Å²) < 4.78 is 23.7. The molecule has 1 aromatic heterocycles. The van der Waals surface area contributed by atoms with E-state index < -0.39 is 9.84 Å². The molecule has 0 atom stereocenters. The quantitative estimate of drug-likeness (QED) is 0.734. The maximum absolute atomic E-state index is 11.9. The highest BCUT2D eigenvalue weighted by Gasteiger charge is 2.15. The lowest BCUT2D eigenvalue weighted by Crippen LogP contribution is -2.01. The molecular weight excluding hydrogens is 286 g/mol. The van der Waals surface area contributed by atoms with Crippen molar-refractivity contribution in [2.24, 2.45) is 0 Å². The predicted octanol–water partition coefficient (Wildman–Crippen LogP) is 2.28. The van der Waals surface area contributed by atoms with Crippen molar-refractivity contribution in [2.45, 2.75) is 4.90 Å². The molecule has 0 saturated carbocycles. The number of nitrogen functional groups attached to an aromatic ring is 1. The van der Waals surface area contributed by atoms with Crippen LogP contribution in [0, 0.1) is 0 Å². The highest BCUT2D eigenvalue weighted by atomic mass is 32.2. The van der Waals surface area contributed by atoms with E-state index in [0.717, 1.165) is 0 Å². The fraction of sp³-hybridized carbons (Fsp3) is 0.0667. The van der Waals surface area contributed by atoms with Gasteiger partial charge in [0, 0.05) is 17.5 Å². The van der Waals surface area contributed by atoms with Crippen molar-refractivity contribution in [1.29, 1.82) is 0 Å². The molecule has 6 heteroatoms. The van der Waals surface area contributed by atoms with E-state index in [1.54, 1.807) is 48.7 Å². The molecule has 1 heterocycles. The second-order valence-electron chi connectivity index (χ2n) is 4.77. The zero-order valence-corrected chi connectivity index (χ0v) is 12.1. The molecule has 21 heavy (non-hydrogen) atoms. The van der Waals surface area contributed by atoms with E-state index in [1.165, 1.54) is 6.26 Å². The van der Waals surface area contributed by atoms with E-state index in [0.29, 0.717) is 28.0 Å². The lowest BCUT2D eigenvalue weighted by atomic mass is 10.1. The molecule has 106 valence electrons. The predicted molar refractivity (Wildman–Crippen MR) is 82.5 cm³/mol. The topological polar surface area (TPSA) is 85.9 Å². The van der Waals surface area contributed by atoms with Gasteiger partial charge in [0.15, 0.2) is 9.84 Å². The molecule has 0 fully saturated rings. The summed E-state index contributed by atoms with van der Waals surface area (Å²) in [6.07, 6.45) is 2.74. The maximum Gasteiger partial charge on any atom is 0.176 e. The van der Waals surface area contributed by atoms with Crippen LogP contribution in [0.15, 0.2) is 53.6 Å². The van der Waals surface area contributed by atoms with Crippen molar-refractivity contribution in [3.63, 3.8) is 0 Å². The van der Waals surface area contributed by atoms with Gasteiger partial charge in [-0.25, -0.2) is 13.4 Å². The minimum atomic E-state index is -3.33. The molecule has 0 radical (unpaired) electrons. The number of hydrogen-bond donors (Lipinski definition) is 1. The zero-order chi connectivity index (χ0) is 15.0. The molecule has 3 aromatic rings. The van der Waals surface area contributed by atoms with Crippen LogP contribution in [0.5, 0.6) is 0 Å². The van der Waals surface area contributed by atoms with Crippen LogP contribution in [-0.4, -0.2) is 24.6 Å². The average molecular weight is 299 g/mol. The lowest BCUT2D eigenvalue weighted by Gasteiger charge is -2.08. The van der Waals surface area contributed by atoms with E-state index in [9.17, 15) is 8.42 Å². The van der Waals surface area contributed by atoms with Crippen LogP contribution in [0.1, 0.15) is 0 Å². The van der Waals surface area contributed by atoms with Crippen LogP contribution < -0.4 is 5.73 Å². The van der Waals surface area contributed by atoms with E-state index >= 15 is 0 Å². The maximum atomic E-state index is 11.9. The van der Waals surface area contributed by atoms with E-state index in [2.05, 4.69) is 9.97 Å². The van der Waals surface area contributed by atoms with Crippen LogP contribution in [0.25, 0.3) is 22.3 Å². The zero-order valence-electron chi connectivity index (χ0n) is 11.3. The molecule has 0 aliphatic heterocycles. The van der Waals surface area contributed by atoms with Gasteiger partial charge in [0.05, 0.1) is 27.8 Å². The summed E-state index contributed by atoms with van der Waals surface area (Å²) in [4.78, 5) is 9.03. The summed E-state index contributed by atoms with van der Waals surface area (Å²) in [5.74, 6) is 0. The smallest absolute Gasteiger partial charge is 0.176 e. The first-order chi connectivity index (χ1) is 9.95. The van der Waals surface area contributed by atoms with Crippen molar-refractivity contribution in [2.75, 3.05) is 12.0 Å². The van der Waals surface area contributed by atoms with Crippen LogP contribution in [-0.2, 0) is 9.84 Å². The van der Waals surface area contributed by atoms with Crippen LogP contribution in [0.3, 0.4) is 0 Å². The number of fused-ring (bicyclic) bond motifs is 1. The van der Waals surface area contributed by atoms with Crippen molar-refractivity contribution in [3.8, 4) is 11.3 Å². The Morgan fingerprint density at radius 2 is 1.81 bits per heavy atom. The lowest BCUT2D eigenvalue weighted by molar-refractivity contribution is 0.602. The molecule has 2 aromatic carbocycles. The SMILES string of the molecule is CS(=O)(=O)c1ccccc1-c1cnc2cc(N)ccc2n1. The van der Waals surface area contributed by atoms with E-state index in [1.807, 2.05) is 0 Å². The Labute approximate surface area is 122 Å². The van der Waals surface area contributed by atoms with Gasteiger partial charge in [0.1, 0.15) is 0 Å². The van der Waals surface area contributed by atoms with Gasteiger partial charge in [-0.2, -0.15) is 0 Å². The molecule has 3 rings (SSSR count). The standard InChI is InChI=1S/C15H13N3O2S/c1-21(19,20)15-5-3-2-4-11(15)14-9-17-13-8-10(16)6-7-12(13)18-14/h2-9H,16H2,1H3. The molecule has 0 aliphatic carbocycles. The number of nitrogens with two attached hydrogens (primary N) is 1. The first-order valence-electron chi connectivity index (χ1n) is 6.27. The largest absolute Gasteiger partial charge is 0.399 e. The fourth-order valence-electron chi connectivity index (χ4n) is 2.16. The fourth-order valence-corrected chi connectivity index (χ4v) is 3.06. The Morgan fingerprint density at radius 1 is 1.05 bits per heavy atom. The molecule has 5 nitrogen and oxygen atoms in total. The molecule has 0 unspecified atom stereocenters. The van der Waals surface area contributed by atoms with Gasteiger partial charge in [0.2, 0.25) is 0 Å². The second kappa shape index (κ2) is 4.82. The van der Waals surface area contributed by atoms with Crippen LogP contribution in [0.4, 0.5) is 5.69 Å². The van der Waals surface area contributed by atoms with Gasteiger partial charge < -0.3 is 5.73 Å². The van der Waals surface area contributed by atoms with Gasteiger partial charge in [-0.05, 0) is 24.3 Å². The minimum absolute atomic E-state index is 0.245. The van der Waals surface area contributed by atoms with Crippen molar-refractivity contribution in [1.82, 2.24) is 9.97 Å². The van der Waals surface area contributed by atoms with Crippen molar-refractivity contribution < 1.29 is 8.42 Å². The molecule has 0 bridgehead atoms. The van der Waals surface area contributed by atoms with Crippen LogP contribution in [0.2, 0.25) is 0 Å². The number of nitrogens with zero attached hydrogens (tertiary/aromatic N) is 2. The highest BCUT2D eigenvalue weighted by Crippen LogP contribution is 2.26. The normalized spacial score (nSPS) is 11.7. The number of anilines is 1. The third-order valence-corrected chi connectivity index (χ3v) is 4.28. The summed E-state index contributed by atoms with van der Waals surface area (Å²) in [7, 11) is -3.33. The highest BCUT2D eigenvalue weighted by molar-refractivity contribution is 7.90. The minimum Gasteiger partial charge on any atom is -0.399 e. The van der Waals surface area contributed by atoms with Gasteiger partial charge in [-0.1, -0.05) is 18.2 Å². The van der Waals surface area contributed by atoms with Crippen LogP contribution >= 0.6 is 0 Å². The number of benzene rings is 2. The number of rotatable bonds is 2. The number of hydrogen-bond acceptors (Lipinski definition) is 5. The molecule has 0 amide bonds. The monoisotopic (exact) mass is 299 g/mol. The van der Waals surface area contributed by atoms with Gasteiger partial charge in [0.25, 0.3) is 0 Å². The van der Waals surface area contributed by atoms with Gasteiger partial charge in [-0.3, -0.25) is 4.98 Å². The molecular formula is C15H13N3O2S. The summed E-state index contributed by atoms with van der Waals surface area (Å²) in [5, 5.41) is 0. The third-order valence-electron chi connectivity index (χ3n) is 3.13. The first kappa shape index (κ1) is 13.5. The first-order valence-corrected chi connectivity index (χ1v) is 8.16. The Balaban J connectivity index is 2.24. The second-order valence-corrected chi connectivity index (χ2v) is 6.76. The summed E-state index contributed by atoms with van der Waals surface area (Å²) >= 11 is 0. The summed E-state index contributed by atoms with van der Waals surface area (Å²) in [5.41, 5.74) is 8.74. The Kier molecular flexibility index (Phi) is 3.10. The van der Waals surface area contributed by atoms with Gasteiger partial charge in [-0.15, -0.1) is 0 Å². The Bertz CT molecular complexity index is 937. The third kappa shape index (κ3) is 2.57. The number of sulfone groups is 1. The molecule has 0 saturated heterocycles. The van der Waals surface area contributed by atoms with E-state index in [-0.39, 0.29) is 4.90 Å². The van der Waals surface area contributed by atoms with Crippen molar-refractivity contribution >= 4 is 26.6 Å². The molecule has 0 aliphatic rings. The Morgan fingerprint density at radius 3 is 2.57 bits per heavy atom. The molecule has 2 N–H and O–H groups in total. The molecule has 0 spiro atoms. The van der Waals surface area contributed by atoms with Crippen molar-refractivity contribution in [3.05, 3.63) is 48.7 Å². The van der Waals surface area contributed by atoms with Gasteiger partial charge >= 0.3 is 0 Å². The van der Waals surface area contributed by atoms with E-state index in [4.69, 9.17) is 5.73 Å². The number of aromatic nitrogens is 2. The summed E-state index contributed by atoms with van der Waals surface area (Å²) in [6, 6.07) is 12.0. The summed E-state index contributed by atoms with van der Waals surface area (Å²) in [6.45, 7) is 0. The average Bonchev–Trinajstić information content (AvgIpc) is 2.46. The Hall–Kier alpha value is -2.47.